The molecule has 1 aliphatic rings. The minimum atomic E-state index is 0.0368. The first kappa shape index (κ1) is 14.9. The van der Waals surface area contributed by atoms with Crippen LogP contribution in [-0.4, -0.2) is 53.4 Å². The molecule has 3 rings (SSSR count). The van der Waals surface area contributed by atoms with E-state index in [9.17, 15) is 4.79 Å². The molecule has 2 aromatic rings. The number of hydrogen-bond acceptors (Lipinski definition) is 4. The van der Waals surface area contributed by atoms with Gasteiger partial charge in [-0.15, -0.1) is 11.3 Å². The lowest BCUT2D eigenvalue weighted by molar-refractivity contribution is 0.194. The molecule has 6 nitrogen and oxygen atoms in total. The van der Waals surface area contributed by atoms with E-state index in [1.54, 1.807) is 16.0 Å². The maximum Gasteiger partial charge on any atom is 0.317 e. The Bertz CT molecular complexity index is 601. The number of aromatic nitrogens is 2. The minimum Gasteiger partial charge on any atom is -0.360 e. The van der Waals surface area contributed by atoms with Crippen LogP contribution in [0.5, 0.6) is 0 Å². The number of anilines is 1. The molecule has 0 radical (unpaired) electrons. The van der Waals surface area contributed by atoms with Crippen molar-refractivity contribution < 1.29 is 4.79 Å². The molecule has 22 heavy (non-hydrogen) atoms. The van der Waals surface area contributed by atoms with Gasteiger partial charge in [-0.1, -0.05) is 0 Å². The Morgan fingerprint density at radius 3 is 2.82 bits per heavy atom. The zero-order chi connectivity index (χ0) is 15.4. The Morgan fingerprint density at radius 2 is 2.18 bits per heavy atom. The predicted molar refractivity (Wildman–Crippen MR) is 88.4 cm³/mol. The Morgan fingerprint density at radius 1 is 1.36 bits per heavy atom. The molecular weight excluding hydrogens is 298 g/mol. The highest BCUT2D eigenvalue weighted by atomic mass is 32.1. The van der Waals surface area contributed by atoms with E-state index in [1.807, 2.05) is 24.3 Å². The highest BCUT2D eigenvalue weighted by Crippen LogP contribution is 2.22. The molecule has 1 fully saturated rings. The van der Waals surface area contributed by atoms with E-state index in [-0.39, 0.29) is 6.03 Å². The summed E-state index contributed by atoms with van der Waals surface area (Å²) >= 11 is 1.75. The van der Waals surface area contributed by atoms with Crippen molar-refractivity contribution in [3.05, 3.63) is 35.5 Å². The summed E-state index contributed by atoms with van der Waals surface area (Å²) in [7, 11) is 1.90. The van der Waals surface area contributed by atoms with Crippen molar-refractivity contribution in [2.45, 2.75) is 6.42 Å². The number of urea groups is 1. The van der Waals surface area contributed by atoms with Gasteiger partial charge in [0.2, 0.25) is 0 Å². The predicted octanol–water partition coefficient (Wildman–Crippen LogP) is 1.56. The molecule has 2 aromatic heterocycles. The summed E-state index contributed by atoms with van der Waals surface area (Å²) in [6.45, 7) is 4.00. The number of thiophene rings is 1. The molecule has 118 valence electrons. The van der Waals surface area contributed by atoms with Gasteiger partial charge in [0.25, 0.3) is 0 Å². The zero-order valence-electron chi connectivity index (χ0n) is 12.7. The number of piperazine rings is 1. The SMILES string of the molecule is Cn1cc(CCNC(=O)N2CCN(c3cccs3)CC2)cn1. The summed E-state index contributed by atoms with van der Waals surface area (Å²) in [6.07, 6.45) is 4.63. The first-order chi connectivity index (χ1) is 10.7. The molecule has 0 unspecified atom stereocenters. The third-order valence-electron chi connectivity index (χ3n) is 3.83. The molecule has 0 spiro atoms. The second-order valence-electron chi connectivity index (χ2n) is 5.43. The van der Waals surface area contributed by atoms with Crippen LogP contribution in [0.15, 0.2) is 29.9 Å². The standard InChI is InChI=1S/C15H21N5OS/c1-18-12-13(11-17-18)4-5-16-15(21)20-8-6-19(7-9-20)14-3-2-10-22-14/h2-3,10-12H,4-9H2,1H3,(H,16,21). The maximum absolute atomic E-state index is 12.2. The summed E-state index contributed by atoms with van der Waals surface area (Å²) < 4.78 is 1.78. The Labute approximate surface area is 134 Å². The first-order valence-electron chi connectivity index (χ1n) is 7.51. The van der Waals surface area contributed by atoms with Crippen LogP contribution in [0, 0.1) is 0 Å². The number of rotatable bonds is 4. The summed E-state index contributed by atoms with van der Waals surface area (Å²) in [5.41, 5.74) is 1.14. The minimum absolute atomic E-state index is 0.0368. The molecule has 1 saturated heterocycles. The zero-order valence-corrected chi connectivity index (χ0v) is 13.6. The largest absolute Gasteiger partial charge is 0.360 e. The molecule has 0 bridgehead atoms. The van der Waals surface area contributed by atoms with E-state index < -0.39 is 0 Å². The lowest BCUT2D eigenvalue weighted by atomic mass is 10.2. The number of nitrogens with one attached hydrogen (secondary N) is 1. The van der Waals surface area contributed by atoms with Crippen LogP contribution in [0.2, 0.25) is 0 Å². The van der Waals surface area contributed by atoms with Gasteiger partial charge in [0.1, 0.15) is 0 Å². The third kappa shape index (κ3) is 3.59. The number of hydrogen-bond donors (Lipinski definition) is 1. The number of carbonyl (C=O) groups excluding carboxylic acids is 1. The second kappa shape index (κ2) is 6.83. The van der Waals surface area contributed by atoms with E-state index in [2.05, 4.69) is 32.8 Å². The topological polar surface area (TPSA) is 53.4 Å². The fourth-order valence-electron chi connectivity index (χ4n) is 2.61. The van der Waals surface area contributed by atoms with E-state index in [4.69, 9.17) is 0 Å². The van der Waals surface area contributed by atoms with Gasteiger partial charge in [-0.05, 0) is 29.5 Å². The number of nitrogens with zero attached hydrogens (tertiary/aromatic N) is 4. The van der Waals surface area contributed by atoms with Crippen molar-refractivity contribution in [3.63, 3.8) is 0 Å². The Balaban J connectivity index is 1.40. The number of carbonyl (C=O) groups is 1. The molecular formula is C15H21N5OS. The fourth-order valence-corrected chi connectivity index (χ4v) is 3.39. The lowest BCUT2D eigenvalue weighted by Crippen LogP contribution is -2.52. The smallest absolute Gasteiger partial charge is 0.317 e. The Hall–Kier alpha value is -2.02. The lowest BCUT2D eigenvalue weighted by Gasteiger charge is -2.35. The van der Waals surface area contributed by atoms with Crippen molar-refractivity contribution in [1.29, 1.82) is 0 Å². The fraction of sp³-hybridized carbons (Fsp3) is 0.467. The summed E-state index contributed by atoms with van der Waals surface area (Å²) in [5.74, 6) is 0. The van der Waals surface area contributed by atoms with Crippen molar-refractivity contribution in [2.24, 2.45) is 7.05 Å². The van der Waals surface area contributed by atoms with Crippen LogP contribution < -0.4 is 10.2 Å². The second-order valence-corrected chi connectivity index (χ2v) is 6.36. The first-order valence-corrected chi connectivity index (χ1v) is 8.39. The van der Waals surface area contributed by atoms with Gasteiger partial charge in [-0.25, -0.2) is 4.79 Å². The van der Waals surface area contributed by atoms with Gasteiger partial charge in [0.05, 0.1) is 11.2 Å². The number of amides is 2. The van der Waals surface area contributed by atoms with Crippen LogP contribution in [0.25, 0.3) is 0 Å². The average Bonchev–Trinajstić information content (AvgIpc) is 3.19. The van der Waals surface area contributed by atoms with Gasteiger partial charge < -0.3 is 15.1 Å². The van der Waals surface area contributed by atoms with Crippen LogP contribution in [0.4, 0.5) is 9.80 Å². The van der Waals surface area contributed by atoms with Crippen molar-refractivity contribution >= 4 is 22.4 Å². The highest BCUT2D eigenvalue weighted by molar-refractivity contribution is 7.14. The summed E-state index contributed by atoms with van der Waals surface area (Å²) in [6, 6.07) is 4.24. The maximum atomic E-state index is 12.2. The van der Waals surface area contributed by atoms with Crippen LogP contribution in [0.3, 0.4) is 0 Å². The molecule has 0 aliphatic carbocycles. The third-order valence-corrected chi connectivity index (χ3v) is 4.76. The molecule has 0 aromatic carbocycles. The van der Waals surface area contributed by atoms with Crippen molar-refractivity contribution in [2.75, 3.05) is 37.6 Å². The van der Waals surface area contributed by atoms with Gasteiger partial charge in [-0.3, -0.25) is 4.68 Å². The van der Waals surface area contributed by atoms with Crippen LogP contribution in [0.1, 0.15) is 5.56 Å². The highest BCUT2D eigenvalue weighted by Gasteiger charge is 2.21. The van der Waals surface area contributed by atoms with E-state index in [1.165, 1.54) is 5.00 Å². The summed E-state index contributed by atoms with van der Waals surface area (Å²) in [5, 5.41) is 10.5. The quantitative estimate of drug-likeness (QED) is 0.930. The molecule has 0 saturated carbocycles. The van der Waals surface area contributed by atoms with Gasteiger partial charge in [0, 0.05) is 46.0 Å². The van der Waals surface area contributed by atoms with Crippen LogP contribution >= 0.6 is 11.3 Å². The van der Waals surface area contributed by atoms with Crippen molar-refractivity contribution in [1.82, 2.24) is 20.0 Å². The van der Waals surface area contributed by atoms with Crippen LogP contribution in [-0.2, 0) is 13.5 Å². The van der Waals surface area contributed by atoms with E-state index in [0.29, 0.717) is 6.54 Å². The number of aryl methyl sites for hydroxylation is 1. The Kier molecular flexibility index (Phi) is 4.62. The normalized spacial score (nSPS) is 15.1. The molecule has 0 atom stereocenters. The molecule has 2 amide bonds. The summed E-state index contributed by atoms with van der Waals surface area (Å²) in [4.78, 5) is 16.4. The molecule has 3 heterocycles. The van der Waals surface area contributed by atoms with E-state index >= 15 is 0 Å². The van der Waals surface area contributed by atoms with Gasteiger partial charge in [-0.2, -0.15) is 5.10 Å². The average molecular weight is 319 g/mol. The van der Waals surface area contributed by atoms with Crippen molar-refractivity contribution in [3.8, 4) is 0 Å². The van der Waals surface area contributed by atoms with Gasteiger partial charge in [0.15, 0.2) is 0 Å². The van der Waals surface area contributed by atoms with Gasteiger partial charge >= 0.3 is 6.03 Å². The molecule has 1 aliphatic heterocycles. The monoisotopic (exact) mass is 319 g/mol. The molecule has 1 N–H and O–H groups in total. The molecule has 7 heteroatoms. The van der Waals surface area contributed by atoms with E-state index in [0.717, 1.165) is 38.2 Å².